The molecule has 0 bridgehead atoms. The number of carbonyl (C=O) groups is 3. The highest BCUT2D eigenvalue weighted by Gasteiger charge is 2.05. The van der Waals surface area contributed by atoms with E-state index in [1.54, 1.807) is 0 Å². The molecule has 8 heteroatoms. The van der Waals surface area contributed by atoms with Crippen molar-refractivity contribution in [2.24, 2.45) is 5.73 Å². The van der Waals surface area contributed by atoms with Crippen LogP contribution in [0.2, 0.25) is 0 Å². The minimum atomic E-state index is -0.518. The van der Waals surface area contributed by atoms with Gasteiger partial charge in [-0.3, -0.25) is 14.4 Å². The van der Waals surface area contributed by atoms with Gasteiger partial charge in [0.1, 0.15) is 6.73 Å². The number of aliphatic hydroxyl groups excluding tert-OH is 1. The third-order valence-electron chi connectivity index (χ3n) is 1.35. The summed E-state index contributed by atoms with van der Waals surface area (Å²) in [5, 5.41) is 14.8. The summed E-state index contributed by atoms with van der Waals surface area (Å²) in [6.07, 6.45) is 0. The lowest BCUT2D eigenvalue weighted by Gasteiger charge is -2.05. The topological polar surface area (TPSA) is 134 Å². The molecule has 0 rings (SSSR count). The maximum absolute atomic E-state index is 11.0. The molecule has 0 saturated heterocycles. The van der Waals surface area contributed by atoms with E-state index >= 15 is 0 Å². The first-order chi connectivity index (χ1) is 7.10. The van der Waals surface area contributed by atoms with Crippen molar-refractivity contribution < 1.29 is 19.5 Å². The van der Waals surface area contributed by atoms with Crippen molar-refractivity contribution >= 4 is 17.7 Å². The molecule has 0 atom stereocenters. The molecule has 0 aliphatic carbocycles. The summed E-state index contributed by atoms with van der Waals surface area (Å²) < 4.78 is 0. The average molecular weight is 218 g/mol. The highest BCUT2D eigenvalue weighted by Crippen LogP contribution is 1.67. The van der Waals surface area contributed by atoms with Crippen LogP contribution in [0.1, 0.15) is 0 Å². The van der Waals surface area contributed by atoms with Gasteiger partial charge < -0.3 is 26.8 Å². The first-order valence-corrected chi connectivity index (χ1v) is 4.21. The van der Waals surface area contributed by atoms with Gasteiger partial charge in [-0.15, -0.1) is 0 Å². The number of aliphatic hydroxyl groups is 1. The highest BCUT2D eigenvalue weighted by molar-refractivity contribution is 5.88. The molecule has 0 aromatic heterocycles. The largest absolute Gasteiger partial charge is 0.376 e. The molecule has 0 aromatic rings. The third-order valence-corrected chi connectivity index (χ3v) is 1.35. The fourth-order valence-electron chi connectivity index (χ4n) is 0.643. The Balaban J connectivity index is 3.57. The normalized spacial score (nSPS) is 9.20. The molecule has 0 saturated carbocycles. The van der Waals surface area contributed by atoms with Gasteiger partial charge in [0.05, 0.1) is 19.6 Å². The number of carbonyl (C=O) groups excluding carboxylic acids is 3. The van der Waals surface area contributed by atoms with Crippen molar-refractivity contribution in [2.75, 3.05) is 26.4 Å². The fraction of sp³-hybridized carbons (Fsp3) is 0.571. The summed E-state index contributed by atoms with van der Waals surface area (Å²) in [5.74, 6) is -1.48. The van der Waals surface area contributed by atoms with Crippen LogP contribution in [-0.2, 0) is 14.4 Å². The van der Waals surface area contributed by atoms with Crippen molar-refractivity contribution in [3.05, 3.63) is 0 Å². The molecule has 0 radical (unpaired) electrons. The molecule has 15 heavy (non-hydrogen) atoms. The van der Waals surface area contributed by atoms with Gasteiger partial charge in [0.25, 0.3) is 0 Å². The number of nitrogens with one attached hydrogen (secondary N) is 3. The van der Waals surface area contributed by atoms with E-state index in [1.807, 2.05) is 0 Å². The van der Waals surface area contributed by atoms with Crippen LogP contribution < -0.4 is 21.7 Å². The average Bonchev–Trinajstić information content (AvgIpc) is 2.23. The van der Waals surface area contributed by atoms with Gasteiger partial charge in [-0.25, -0.2) is 0 Å². The van der Waals surface area contributed by atoms with E-state index in [0.717, 1.165) is 0 Å². The lowest BCUT2D eigenvalue weighted by molar-refractivity contribution is -0.127. The maximum atomic E-state index is 11.0. The third kappa shape index (κ3) is 7.40. The highest BCUT2D eigenvalue weighted by atomic mass is 16.3. The predicted molar refractivity (Wildman–Crippen MR) is 50.3 cm³/mol. The lowest BCUT2D eigenvalue weighted by Crippen LogP contribution is -2.43. The Labute approximate surface area is 86.2 Å². The van der Waals surface area contributed by atoms with Crippen LogP contribution in [0.3, 0.4) is 0 Å². The van der Waals surface area contributed by atoms with Crippen molar-refractivity contribution in [3.63, 3.8) is 0 Å². The summed E-state index contributed by atoms with van der Waals surface area (Å²) in [5.41, 5.74) is 4.98. The SMILES string of the molecule is NCC(=O)NCC(=O)NCC(=O)NCO. The molecule has 0 fully saturated rings. The van der Waals surface area contributed by atoms with E-state index in [2.05, 4.69) is 16.0 Å². The zero-order valence-corrected chi connectivity index (χ0v) is 8.08. The van der Waals surface area contributed by atoms with Crippen LogP contribution in [0.25, 0.3) is 0 Å². The quantitative estimate of drug-likeness (QED) is 0.292. The summed E-state index contributed by atoms with van der Waals surface area (Å²) >= 11 is 0. The van der Waals surface area contributed by atoms with E-state index in [1.165, 1.54) is 0 Å². The van der Waals surface area contributed by atoms with E-state index in [4.69, 9.17) is 10.8 Å². The smallest absolute Gasteiger partial charge is 0.241 e. The number of hydrogen-bond donors (Lipinski definition) is 5. The van der Waals surface area contributed by atoms with Crippen LogP contribution in [-0.4, -0.2) is 49.2 Å². The Bertz CT molecular complexity index is 243. The van der Waals surface area contributed by atoms with E-state index in [-0.39, 0.29) is 19.6 Å². The zero-order chi connectivity index (χ0) is 11.7. The van der Waals surface area contributed by atoms with Crippen LogP contribution in [0.5, 0.6) is 0 Å². The molecule has 0 heterocycles. The first kappa shape index (κ1) is 13.3. The van der Waals surface area contributed by atoms with Gasteiger partial charge in [-0.2, -0.15) is 0 Å². The minimum Gasteiger partial charge on any atom is -0.376 e. The van der Waals surface area contributed by atoms with Crippen LogP contribution in [0, 0.1) is 0 Å². The van der Waals surface area contributed by atoms with Gasteiger partial charge >= 0.3 is 0 Å². The summed E-state index contributed by atoms with van der Waals surface area (Å²) in [6, 6.07) is 0. The number of hydrogen-bond acceptors (Lipinski definition) is 5. The standard InChI is InChI=1S/C7H14N4O4/c8-1-5(13)9-2-6(14)10-3-7(15)11-4-12/h12H,1-4,8H2,(H,9,13)(H,10,14)(H,11,15). The van der Waals surface area contributed by atoms with Gasteiger partial charge in [0, 0.05) is 0 Å². The lowest BCUT2D eigenvalue weighted by atomic mass is 10.5. The zero-order valence-electron chi connectivity index (χ0n) is 8.08. The summed E-state index contributed by atoms with van der Waals surface area (Å²) in [6.45, 7) is -1.17. The minimum absolute atomic E-state index is 0.196. The first-order valence-electron chi connectivity index (χ1n) is 4.21. The second-order valence-corrected chi connectivity index (χ2v) is 2.52. The molecule has 8 nitrogen and oxygen atoms in total. The van der Waals surface area contributed by atoms with Crippen molar-refractivity contribution in [1.29, 1.82) is 0 Å². The van der Waals surface area contributed by atoms with Crippen LogP contribution >= 0.6 is 0 Å². The molecule has 3 amide bonds. The van der Waals surface area contributed by atoms with Crippen LogP contribution in [0.15, 0.2) is 0 Å². The Morgan fingerprint density at radius 1 is 0.933 bits per heavy atom. The summed E-state index contributed by atoms with van der Waals surface area (Å²) in [4.78, 5) is 32.3. The van der Waals surface area contributed by atoms with Gasteiger partial charge in [-0.1, -0.05) is 0 Å². The molecular formula is C7H14N4O4. The van der Waals surface area contributed by atoms with Crippen molar-refractivity contribution in [1.82, 2.24) is 16.0 Å². The predicted octanol–water partition coefficient (Wildman–Crippen LogP) is -3.76. The van der Waals surface area contributed by atoms with E-state index < -0.39 is 24.5 Å². The Kier molecular flexibility index (Phi) is 6.85. The molecule has 0 aliphatic heterocycles. The van der Waals surface area contributed by atoms with Gasteiger partial charge in [-0.05, 0) is 0 Å². The Morgan fingerprint density at radius 3 is 1.87 bits per heavy atom. The monoisotopic (exact) mass is 218 g/mol. The molecule has 6 N–H and O–H groups in total. The number of nitrogens with two attached hydrogens (primary N) is 1. The molecule has 0 spiro atoms. The Hall–Kier alpha value is -1.67. The maximum Gasteiger partial charge on any atom is 0.241 e. The van der Waals surface area contributed by atoms with Crippen LogP contribution in [0.4, 0.5) is 0 Å². The molecule has 0 unspecified atom stereocenters. The van der Waals surface area contributed by atoms with Gasteiger partial charge in [0.2, 0.25) is 17.7 Å². The number of rotatable bonds is 6. The van der Waals surface area contributed by atoms with Crippen molar-refractivity contribution in [2.45, 2.75) is 0 Å². The Morgan fingerprint density at radius 2 is 1.40 bits per heavy atom. The molecule has 0 aromatic carbocycles. The molecule has 86 valence electrons. The van der Waals surface area contributed by atoms with E-state index in [9.17, 15) is 14.4 Å². The summed E-state index contributed by atoms with van der Waals surface area (Å²) in [7, 11) is 0. The number of amides is 3. The second-order valence-electron chi connectivity index (χ2n) is 2.52. The second kappa shape index (κ2) is 7.71. The van der Waals surface area contributed by atoms with E-state index in [0.29, 0.717) is 0 Å². The van der Waals surface area contributed by atoms with Crippen molar-refractivity contribution in [3.8, 4) is 0 Å². The molecule has 0 aliphatic rings. The van der Waals surface area contributed by atoms with Gasteiger partial charge in [0.15, 0.2) is 0 Å². The fourth-order valence-corrected chi connectivity index (χ4v) is 0.643. The molecular weight excluding hydrogens is 204 g/mol.